The molecule has 1 unspecified atom stereocenters. The van der Waals surface area contributed by atoms with Gasteiger partial charge in [-0.3, -0.25) is 0 Å². The molecule has 0 saturated heterocycles. The quantitative estimate of drug-likeness (QED) is 0.559. The molecule has 0 aliphatic heterocycles. The summed E-state index contributed by atoms with van der Waals surface area (Å²) >= 11 is 0. The molecule has 0 heterocycles. The van der Waals surface area contributed by atoms with Crippen LogP contribution in [-0.4, -0.2) is 13.2 Å². The van der Waals surface area contributed by atoms with E-state index in [1.54, 1.807) is 33.1 Å². The average Bonchev–Trinajstić information content (AvgIpc) is 2.05. The van der Waals surface area contributed by atoms with Gasteiger partial charge < -0.3 is 4.74 Å². The number of allylic oxidation sites excluding steroid dienone is 1. The fourth-order valence-electron chi connectivity index (χ4n) is 0.581. The molecule has 0 fully saturated rings. The topological polar surface area (TPSA) is 56.8 Å². The number of methoxy groups -OCH3 is 1. The van der Waals surface area contributed by atoms with Gasteiger partial charge >= 0.3 is 0 Å². The third-order valence-corrected chi connectivity index (χ3v) is 1.58. The zero-order valence-electron chi connectivity index (χ0n) is 6.88. The summed E-state index contributed by atoms with van der Waals surface area (Å²) in [5.41, 5.74) is 0.817. The largest absolute Gasteiger partial charge is 0.377 e. The number of rotatable bonds is 2. The lowest BCUT2D eigenvalue weighted by atomic mass is 10.1. The van der Waals surface area contributed by atoms with Gasteiger partial charge in [0.25, 0.3) is 0 Å². The van der Waals surface area contributed by atoms with Gasteiger partial charge in [0.2, 0.25) is 0 Å². The monoisotopic (exact) mass is 150 g/mol. The van der Waals surface area contributed by atoms with Crippen molar-refractivity contribution in [3.8, 4) is 12.1 Å². The molecule has 0 radical (unpaired) electrons. The van der Waals surface area contributed by atoms with E-state index in [4.69, 9.17) is 15.3 Å². The molecular formula is C8H10N2O. The van der Waals surface area contributed by atoms with Crippen LogP contribution in [0.4, 0.5) is 0 Å². The molecule has 0 N–H and O–H groups in total. The van der Waals surface area contributed by atoms with Crippen molar-refractivity contribution in [2.24, 2.45) is 0 Å². The third-order valence-electron chi connectivity index (χ3n) is 1.58. The Morgan fingerprint density at radius 3 is 2.09 bits per heavy atom. The van der Waals surface area contributed by atoms with Crippen LogP contribution in [0.15, 0.2) is 11.1 Å². The average molecular weight is 150 g/mol. The van der Waals surface area contributed by atoms with E-state index in [1.165, 1.54) is 0 Å². The van der Waals surface area contributed by atoms with Crippen LogP contribution in [-0.2, 0) is 4.74 Å². The Morgan fingerprint density at radius 1 is 1.36 bits per heavy atom. The standard InChI is InChI=1S/C8H10N2O/c1-6(7(2)11-3)8(4-9)5-10/h7H,1-3H3. The Balaban J connectivity index is 4.68. The fraction of sp³-hybridized carbons (Fsp3) is 0.500. The van der Waals surface area contributed by atoms with E-state index in [2.05, 4.69) is 0 Å². The summed E-state index contributed by atoms with van der Waals surface area (Å²) in [5.74, 6) is 0. The molecule has 3 nitrogen and oxygen atoms in total. The first-order valence-corrected chi connectivity index (χ1v) is 3.21. The van der Waals surface area contributed by atoms with Crippen LogP contribution in [0.25, 0.3) is 0 Å². The maximum absolute atomic E-state index is 8.45. The number of ether oxygens (including phenoxy) is 1. The molecule has 0 aliphatic carbocycles. The number of nitriles is 2. The first-order valence-electron chi connectivity index (χ1n) is 3.21. The maximum Gasteiger partial charge on any atom is 0.131 e. The van der Waals surface area contributed by atoms with Crippen LogP contribution in [0.1, 0.15) is 13.8 Å². The van der Waals surface area contributed by atoms with Crippen molar-refractivity contribution < 1.29 is 4.74 Å². The smallest absolute Gasteiger partial charge is 0.131 e. The second kappa shape index (κ2) is 4.49. The van der Waals surface area contributed by atoms with E-state index in [9.17, 15) is 0 Å². The zero-order chi connectivity index (χ0) is 8.85. The molecule has 0 bridgehead atoms. The van der Waals surface area contributed by atoms with Crippen LogP contribution in [0, 0.1) is 22.7 Å². The maximum atomic E-state index is 8.45. The summed E-state index contributed by atoms with van der Waals surface area (Å²) in [5, 5.41) is 16.9. The highest BCUT2D eigenvalue weighted by molar-refractivity contribution is 5.40. The van der Waals surface area contributed by atoms with E-state index in [0.717, 1.165) is 0 Å². The SMILES string of the molecule is COC(C)C(C)=C(C#N)C#N. The predicted molar refractivity (Wildman–Crippen MR) is 40.4 cm³/mol. The molecule has 0 aromatic heterocycles. The summed E-state index contributed by atoms with van der Waals surface area (Å²) in [6, 6.07) is 3.61. The molecule has 0 aromatic rings. The van der Waals surface area contributed by atoms with Crippen LogP contribution < -0.4 is 0 Å². The van der Waals surface area contributed by atoms with Crippen molar-refractivity contribution in [1.82, 2.24) is 0 Å². The molecule has 11 heavy (non-hydrogen) atoms. The highest BCUT2D eigenvalue weighted by atomic mass is 16.5. The summed E-state index contributed by atoms with van der Waals surface area (Å²) in [4.78, 5) is 0. The minimum Gasteiger partial charge on any atom is -0.377 e. The van der Waals surface area contributed by atoms with Gasteiger partial charge in [0.15, 0.2) is 0 Å². The van der Waals surface area contributed by atoms with Gasteiger partial charge in [0.05, 0.1) is 6.10 Å². The van der Waals surface area contributed by atoms with Crippen LogP contribution in [0.2, 0.25) is 0 Å². The van der Waals surface area contributed by atoms with Gasteiger partial charge in [0.1, 0.15) is 17.7 Å². The lowest BCUT2D eigenvalue weighted by molar-refractivity contribution is 0.146. The summed E-state index contributed by atoms with van der Waals surface area (Å²) in [6.45, 7) is 3.51. The van der Waals surface area contributed by atoms with E-state index < -0.39 is 0 Å². The number of hydrogen-bond donors (Lipinski definition) is 0. The second-order valence-corrected chi connectivity index (χ2v) is 2.16. The van der Waals surface area contributed by atoms with Gasteiger partial charge in [-0.05, 0) is 19.4 Å². The van der Waals surface area contributed by atoms with E-state index in [1.807, 2.05) is 0 Å². The minimum absolute atomic E-state index is 0.138. The highest BCUT2D eigenvalue weighted by Gasteiger charge is 2.07. The predicted octanol–water partition coefficient (Wildman–Crippen LogP) is 1.38. The number of hydrogen-bond acceptors (Lipinski definition) is 3. The van der Waals surface area contributed by atoms with E-state index >= 15 is 0 Å². The first-order chi connectivity index (χ1) is 5.17. The van der Waals surface area contributed by atoms with Gasteiger partial charge in [-0.2, -0.15) is 10.5 Å². The van der Waals surface area contributed by atoms with Gasteiger partial charge in [-0.1, -0.05) is 0 Å². The Bertz CT molecular complexity index is 226. The molecule has 0 amide bonds. The van der Waals surface area contributed by atoms with Gasteiger partial charge in [0, 0.05) is 7.11 Å². The molecule has 1 atom stereocenters. The molecule has 0 rings (SSSR count). The normalized spacial score (nSPS) is 11.0. The third kappa shape index (κ3) is 2.41. The van der Waals surface area contributed by atoms with Gasteiger partial charge in [-0.25, -0.2) is 0 Å². The first kappa shape index (κ1) is 9.68. The Hall–Kier alpha value is -1.32. The van der Waals surface area contributed by atoms with Crippen LogP contribution in [0.3, 0.4) is 0 Å². The van der Waals surface area contributed by atoms with Crippen molar-refractivity contribution in [2.45, 2.75) is 20.0 Å². The Morgan fingerprint density at radius 2 is 1.82 bits per heavy atom. The fourth-order valence-corrected chi connectivity index (χ4v) is 0.581. The highest BCUT2D eigenvalue weighted by Crippen LogP contribution is 2.09. The van der Waals surface area contributed by atoms with Crippen molar-refractivity contribution in [1.29, 1.82) is 10.5 Å². The summed E-state index contributed by atoms with van der Waals surface area (Å²) in [6.07, 6.45) is -0.163. The molecule has 3 heteroatoms. The minimum atomic E-state index is -0.163. The molecule has 0 spiro atoms. The van der Waals surface area contributed by atoms with E-state index in [0.29, 0.717) is 5.57 Å². The lowest BCUT2D eigenvalue weighted by Gasteiger charge is -2.08. The van der Waals surface area contributed by atoms with Crippen molar-refractivity contribution >= 4 is 0 Å². The van der Waals surface area contributed by atoms with Gasteiger partial charge in [-0.15, -0.1) is 0 Å². The van der Waals surface area contributed by atoms with Crippen molar-refractivity contribution in [3.05, 3.63) is 11.1 Å². The van der Waals surface area contributed by atoms with Crippen LogP contribution >= 0.6 is 0 Å². The summed E-state index contributed by atoms with van der Waals surface area (Å²) in [7, 11) is 1.54. The Labute approximate surface area is 66.5 Å². The zero-order valence-corrected chi connectivity index (χ0v) is 6.88. The Kier molecular flexibility index (Phi) is 3.95. The van der Waals surface area contributed by atoms with E-state index in [-0.39, 0.29) is 11.7 Å². The molecular weight excluding hydrogens is 140 g/mol. The van der Waals surface area contributed by atoms with Crippen molar-refractivity contribution in [2.75, 3.05) is 7.11 Å². The molecule has 0 saturated carbocycles. The van der Waals surface area contributed by atoms with Crippen LogP contribution in [0.5, 0.6) is 0 Å². The van der Waals surface area contributed by atoms with Crippen molar-refractivity contribution in [3.63, 3.8) is 0 Å². The number of nitrogens with zero attached hydrogens (tertiary/aromatic N) is 2. The lowest BCUT2D eigenvalue weighted by Crippen LogP contribution is -2.07. The summed E-state index contributed by atoms with van der Waals surface area (Å²) < 4.78 is 4.94. The molecule has 58 valence electrons. The molecule has 0 aliphatic rings. The molecule has 0 aromatic carbocycles. The second-order valence-electron chi connectivity index (χ2n) is 2.16.